The Balaban J connectivity index is 1.64. The second-order valence-corrected chi connectivity index (χ2v) is 7.21. The van der Waals surface area contributed by atoms with Crippen LogP contribution >= 0.6 is 0 Å². The summed E-state index contributed by atoms with van der Waals surface area (Å²) in [6.07, 6.45) is -4.01. The first-order valence-corrected chi connectivity index (χ1v) is 9.97. The lowest BCUT2D eigenvalue weighted by atomic mass is 10.0. The van der Waals surface area contributed by atoms with E-state index in [1.54, 1.807) is 42.5 Å². The number of esters is 1. The Morgan fingerprint density at radius 1 is 0.844 bits per heavy atom. The lowest BCUT2D eigenvalue weighted by Gasteiger charge is -2.21. The number of methoxy groups -OCH3 is 1. The van der Waals surface area contributed by atoms with Crippen LogP contribution in [-0.2, 0) is 25.5 Å². The fourth-order valence-corrected chi connectivity index (χ4v) is 3.21. The van der Waals surface area contributed by atoms with E-state index in [9.17, 15) is 24.6 Å². The number of hydrogen-bond donors (Lipinski definition) is 4. The van der Waals surface area contributed by atoms with Gasteiger partial charge < -0.3 is 25.6 Å². The highest BCUT2D eigenvalue weighted by atomic mass is 16.5. The van der Waals surface area contributed by atoms with Crippen molar-refractivity contribution >= 4 is 34.2 Å². The van der Waals surface area contributed by atoms with Crippen LogP contribution in [0.15, 0.2) is 72.8 Å². The maximum absolute atomic E-state index is 12.4. The van der Waals surface area contributed by atoms with Crippen LogP contribution < -0.4 is 10.6 Å². The van der Waals surface area contributed by atoms with Gasteiger partial charge in [0.25, 0.3) is 11.8 Å². The number of carbonyl (C=O) groups is 3. The van der Waals surface area contributed by atoms with Crippen molar-refractivity contribution in [3.63, 3.8) is 0 Å². The van der Waals surface area contributed by atoms with Crippen molar-refractivity contribution in [2.75, 3.05) is 12.4 Å². The van der Waals surface area contributed by atoms with Crippen molar-refractivity contribution in [3.05, 3.63) is 78.4 Å². The van der Waals surface area contributed by atoms with Crippen LogP contribution in [0.2, 0.25) is 0 Å². The quantitative estimate of drug-likeness (QED) is 0.396. The molecule has 8 nitrogen and oxygen atoms in total. The number of ether oxygens (including phenoxy) is 1. The van der Waals surface area contributed by atoms with E-state index in [1.165, 1.54) is 7.11 Å². The van der Waals surface area contributed by atoms with Gasteiger partial charge in [-0.15, -0.1) is 0 Å². The van der Waals surface area contributed by atoms with Crippen molar-refractivity contribution in [1.29, 1.82) is 0 Å². The van der Waals surface area contributed by atoms with Gasteiger partial charge in [0.1, 0.15) is 6.04 Å². The number of carbonyl (C=O) groups excluding carboxylic acids is 3. The Morgan fingerprint density at radius 2 is 1.47 bits per heavy atom. The summed E-state index contributed by atoms with van der Waals surface area (Å²) in [6, 6.07) is 20.5. The van der Waals surface area contributed by atoms with Crippen LogP contribution in [0, 0.1) is 0 Å². The van der Waals surface area contributed by atoms with Crippen molar-refractivity contribution in [2.24, 2.45) is 0 Å². The Hall–Kier alpha value is -3.75. The smallest absolute Gasteiger partial charge is 0.328 e. The maximum Gasteiger partial charge on any atom is 0.328 e. The molecule has 0 saturated heterocycles. The highest BCUT2D eigenvalue weighted by Crippen LogP contribution is 2.19. The largest absolute Gasteiger partial charge is 0.467 e. The van der Waals surface area contributed by atoms with Crippen molar-refractivity contribution in [2.45, 2.75) is 24.7 Å². The van der Waals surface area contributed by atoms with Gasteiger partial charge in [-0.05, 0) is 28.5 Å². The number of rotatable bonds is 8. The van der Waals surface area contributed by atoms with Gasteiger partial charge >= 0.3 is 5.97 Å². The van der Waals surface area contributed by atoms with E-state index in [4.69, 9.17) is 4.74 Å². The van der Waals surface area contributed by atoms with Gasteiger partial charge in [-0.1, -0.05) is 60.7 Å². The van der Waals surface area contributed by atoms with Gasteiger partial charge in [-0.3, -0.25) is 9.59 Å². The molecule has 0 bridgehead atoms. The molecule has 0 heterocycles. The lowest BCUT2D eigenvalue weighted by Crippen LogP contribution is -2.52. The topological polar surface area (TPSA) is 125 Å². The summed E-state index contributed by atoms with van der Waals surface area (Å²) >= 11 is 0. The molecule has 3 aromatic carbocycles. The summed E-state index contributed by atoms with van der Waals surface area (Å²) < 4.78 is 4.71. The van der Waals surface area contributed by atoms with Crippen molar-refractivity contribution in [3.8, 4) is 0 Å². The lowest BCUT2D eigenvalue weighted by molar-refractivity contribution is -0.149. The molecular weight excluding hydrogens is 412 g/mol. The van der Waals surface area contributed by atoms with Crippen molar-refractivity contribution in [1.82, 2.24) is 5.32 Å². The highest BCUT2D eigenvalue weighted by Gasteiger charge is 2.33. The Labute approximate surface area is 184 Å². The predicted molar refractivity (Wildman–Crippen MR) is 119 cm³/mol. The van der Waals surface area contributed by atoms with E-state index in [-0.39, 0.29) is 6.42 Å². The summed E-state index contributed by atoms with van der Waals surface area (Å²) in [4.78, 5) is 36.9. The Morgan fingerprint density at radius 3 is 2.16 bits per heavy atom. The molecule has 3 rings (SSSR count). The Bertz CT molecular complexity index is 1100. The number of amides is 2. The number of aliphatic hydroxyl groups excluding tert-OH is 2. The third kappa shape index (κ3) is 5.69. The van der Waals surface area contributed by atoms with E-state index >= 15 is 0 Å². The SMILES string of the molecule is COC(=O)[C@@H](Cc1ccccc1)NC(=O)C(O)[C@@H](O)C(=O)Nc1ccc2ccccc2c1. The van der Waals surface area contributed by atoms with Crippen LogP contribution in [0.1, 0.15) is 5.56 Å². The summed E-state index contributed by atoms with van der Waals surface area (Å²) in [6.45, 7) is 0. The second-order valence-electron chi connectivity index (χ2n) is 7.21. The molecule has 0 fully saturated rings. The monoisotopic (exact) mass is 436 g/mol. The third-order valence-electron chi connectivity index (χ3n) is 4.94. The van der Waals surface area contributed by atoms with Crippen LogP contribution in [0.25, 0.3) is 10.8 Å². The molecule has 8 heteroatoms. The zero-order valence-electron chi connectivity index (χ0n) is 17.4. The highest BCUT2D eigenvalue weighted by molar-refractivity contribution is 6.00. The molecule has 0 saturated carbocycles. The number of anilines is 1. The molecule has 0 spiro atoms. The van der Waals surface area contributed by atoms with Gasteiger partial charge in [0.15, 0.2) is 12.2 Å². The van der Waals surface area contributed by atoms with Gasteiger partial charge in [-0.25, -0.2) is 4.79 Å². The van der Waals surface area contributed by atoms with Crippen LogP contribution in [0.5, 0.6) is 0 Å². The van der Waals surface area contributed by atoms with Gasteiger partial charge in [0.2, 0.25) is 0 Å². The maximum atomic E-state index is 12.4. The molecule has 0 aromatic heterocycles. The number of benzene rings is 3. The summed E-state index contributed by atoms with van der Waals surface area (Å²) in [7, 11) is 1.18. The Kier molecular flexibility index (Phi) is 7.54. The van der Waals surface area contributed by atoms with E-state index in [1.807, 2.05) is 30.3 Å². The first-order chi connectivity index (χ1) is 15.4. The minimum absolute atomic E-state index is 0.116. The van der Waals surface area contributed by atoms with Crippen LogP contribution in [0.4, 0.5) is 5.69 Å². The molecule has 0 radical (unpaired) electrons. The van der Waals surface area contributed by atoms with Crippen LogP contribution in [0.3, 0.4) is 0 Å². The minimum atomic E-state index is -2.08. The molecule has 4 N–H and O–H groups in total. The minimum Gasteiger partial charge on any atom is -0.467 e. The fraction of sp³-hybridized carbons (Fsp3) is 0.208. The molecule has 3 atom stereocenters. The molecule has 1 unspecified atom stereocenters. The second kappa shape index (κ2) is 10.5. The van der Waals surface area contributed by atoms with Gasteiger partial charge in [-0.2, -0.15) is 0 Å². The average molecular weight is 436 g/mol. The molecule has 3 aromatic rings. The van der Waals surface area contributed by atoms with Crippen LogP contribution in [-0.4, -0.2) is 53.4 Å². The molecule has 166 valence electrons. The zero-order valence-corrected chi connectivity index (χ0v) is 17.4. The summed E-state index contributed by atoms with van der Waals surface area (Å²) in [5.74, 6) is -2.75. The summed E-state index contributed by atoms with van der Waals surface area (Å²) in [5, 5.41) is 27.0. The third-order valence-corrected chi connectivity index (χ3v) is 4.94. The van der Waals surface area contributed by atoms with Crippen molar-refractivity contribution < 1.29 is 29.3 Å². The number of nitrogens with one attached hydrogen (secondary N) is 2. The molecule has 0 aliphatic heterocycles. The fourth-order valence-electron chi connectivity index (χ4n) is 3.21. The molecule has 32 heavy (non-hydrogen) atoms. The van der Waals surface area contributed by atoms with E-state index < -0.39 is 36.0 Å². The number of aliphatic hydroxyl groups is 2. The van der Waals surface area contributed by atoms with Gasteiger partial charge in [0, 0.05) is 12.1 Å². The standard InChI is InChI=1S/C24H24N2O6/c1-32-24(31)19(13-15-7-3-2-4-8-15)26-23(30)21(28)20(27)22(29)25-18-12-11-16-9-5-6-10-17(16)14-18/h2-12,14,19-21,27-28H,13H2,1H3,(H,25,29)(H,26,30)/t19-,20-,21?/m1/s1. The molecule has 2 amide bonds. The molecular formula is C24H24N2O6. The van der Waals surface area contributed by atoms with E-state index in [2.05, 4.69) is 10.6 Å². The van der Waals surface area contributed by atoms with E-state index in [0.717, 1.165) is 16.3 Å². The van der Waals surface area contributed by atoms with Gasteiger partial charge in [0.05, 0.1) is 7.11 Å². The van der Waals surface area contributed by atoms with E-state index in [0.29, 0.717) is 5.69 Å². The summed E-state index contributed by atoms with van der Waals surface area (Å²) in [5.41, 5.74) is 1.16. The molecule has 0 aliphatic carbocycles. The average Bonchev–Trinajstić information content (AvgIpc) is 2.82. The predicted octanol–water partition coefficient (Wildman–Crippen LogP) is 1.40. The normalized spacial score (nSPS) is 13.6. The first kappa shape index (κ1) is 22.9. The zero-order chi connectivity index (χ0) is 23.1. The number of hydrogen-bond acceptors (Lipinski definition) is 6. The molecule has 0 aliphatic rings. The number of fused-ring (bicyclic) bond motifs is 1. The first-order valence-electron chi connectivity index (χ1n) is 9.97.